The Bertz CT molecular complexity index is 957. The predicted molar refractivity (Wildman–Crippen MR) is 79.4 cm³/mol. The number of amides is 1. The van der Waals surface area contributed by atoms with E-state index in [4.69, 9.17) is 14.8 Å². The Morgan fingerprint density at radius 3 is 2.77 bits per heavy atom. The molecule has 120 valence electrons. The smallest absolute Gasteiger partial charge is 0.446 e. The highest BCUT2D eigenvalue weighted by atomic mass is 32.3. The molecule has 1 amide bonds. The summed E-state index contributed by atoms with van der Waals surface area (Å²) in [4.78, 5) is 13.8. The first-order chi connectivity index (χ1) is 11.8. The number of ether oxygens (including phenoxy) is 1. The minimum atomic E-state index is -4.81. The van der Waals surface area contributed by atoms with E-state index in [0.717, 1.165) is 13.0 Å². The van der Waals surface area contributed by atoms with Gasteiger partial charge in [0.15, 0.2) is 11.5 Å². The molecule has 0 fully saturated rings. The van der Waals surface area contributed by atoms with Gasteiger partial charge in [0.05, 0.1) is 7.11 Å². The molecule has 0 saturated heterocycles. The van der Waals surface area contributed by atoms with Crippen LogP contribution in [0.1, 0.15) is 18.0 Å². The van der Waals surface area contributed by atoms with Crippen molar-refractivity contribution in [3.05, 3.63) is 23.9 Å². The lowest BCUT2D eigenvalue weighted by Crippen LogP contribution is -2.22. The molecule has 0 unspecified atom stereocenters. The molecule has 1 aromatic heterocycles. The molecule has 2 rings (SSSR count). The molecule has 0 aliphatic carbocycles. The van der Waals surface area contributed by atoms with Crippen LogP contribution in [0.5, 0.6) is 11.5 Å². The molecule has 0 saturated carbocycles. The van der Waals surface area contributed by atoms with Gasteiger partial charge in [-0.05, 0) is 18.0 Å². The molecule has 0 aliphatic heterocycles. The van der Waals surface area contributed by atoms with Gasteiger partial charge in [-0.2, -0.15) is 8.42 Å². The number of fused-ring (bicyclic) bond motifs is 1. The zero-order valence-electron chi connectivity index (χ0n) is 15.6. The number of aryl methyl sites for hydroxylation is 1. The number of carbonyl (C=O) groups is 1. The van der Waals surface area contributed by atoms with Gasteiger partial charge in [-0.15, -0.1) is 0 Å². The van der Waals surface area contributed by atoms with Crippen LogP contribution in [0.3, 0.4) is 0 Å². The highest BCUT2D eigenvalue weighted by molar-refractivity contribution is 7.81. The topological polar surface area (TPSA) is 118 Å². The van der Waals surface area contributed by atoms with Crippen molar-refractivity contribution < 1.29 is 32.2 Å². The summed E-state index contributed by atoms with van der Waals surface area (Å²) in [6.45, 7) is -1.67. The predicted octanol–water partition coefficient (Wildman–Crippen LogP) is 1.04. The number of nitrogens with one attached hydrogen (secondary N) is 2. The van der Waals surface area contributed by atoms with Gasteiger partial charge in [0.1, 0.15) is 0 Å². The minimum Gasteiger partial charge on any atom is -0.493 e. The summed E-state index contributed by atoms with van der Waals surface area (Å²) in [5.74, 6) is -1.23. The maximum atomic E-state index is 11.2. The highest BCUT2D eigenvalue weighted by Gasteiger charge is 2.16. The second-order valence-electron chi connectivity index (χ2n) is 4.19. The zero-order valence-corrected chi connectivity index (χ0v) is 12.4. The third kappa shape index (κ3) is 3.89. The van der Waals surface area contributed by atoms with Crippen LogP contribution in [0.25, 0.3) is 10.9 Å². The van der Waals surface area contributed by atoms with Crippen molar-refractivity contribution in [3.63, 3.8) is 0 Å². The first-order valence-electron chi connectivity index (χ1n) is 7.94. The number of hydrogen-bond acceptors (Lipinski definition) is 5. The van der Waals surface area contributed by atoms with Crippen LogP contribution in [-0.4, -0.2) is 37.5 Å². The van der Waals surface area contributed by atoms with Crippen LogP contribution < -0.4 is 14.2 Å². The molecule has 8 nitrogen and oxygen atoms in total. The van der Waals surface area contributed by atoms with Crippen LogP contribution in [0.4, 0.5) is 0 Å². The van der Waals surface area contributed by atoms with Gasteiger partial charge in [-0.3, -0.25) is 9.35 Å². The Morgan fingerprint density at radius 2 is 2.18 bits per heavy atom. The van der Waals surface area contributed by atoms with Crippen LogP contribution in [-0.2, 0) is 21.6 Å². The van der Waals surface area contributed by atoms with Gasteiger partial charge in [-0.1, -0.05) is 0 Å². The molecule has 1 aromatic carbocycles. The summed E-state index contributed by atoms with van der Waals surface area (Å²) >= 11 is 0. The van der Waals surface area contributed by atoms with Crippen molar-refractivity contribution in [2.24, 2.45) is 0 Å². The van der Waals surface area contributed by atoms with Gasteiger partial charge >= 0.3 is 10.4 Å². The molecule has 0 bridgehead atoms. The lowest BCUT2D eigenvalue weighted by Gasteiger charge is -2.08. The third-order valence-corrected chi connectivity index (χ3v) is 2.99. The Kier molecular flexibility index (Phi) is 3.21. The lowest BCUT2D eigenvalue weighted by atomic mass is 10.1. The molecule has 1 heterocycles. The number of aromatic nitrogens is 1. The molecule has 3 N–H and O–H groups in total. The number of hydrogen-bond donors (Lipinski definition) is 3. The molecule has 22 heavy (non-hydrogen) atoms. The van der Waals surface area contributed by atoms with Gasteiger partial charge in [0.2, 0.25) is 5.91 Å². The Balaban J connectivity index is 2.62. The summed E-state index contributed by atoms with van der Waals surface area (Å²) in [6.07, 6.45) is -1.46. The van der Waals surface area contributed by atoms with E-state index in [2.05, 4.69) is 9.17 Å². The average molecular weight is 332 g/mol. The number of rotatable bonds is 6. The van der Waals surface area contributed by atoms with Crippen molar-refractivity contribution in [3.8, 4) is 11.5 Å². The van der Waals surface area contributed by atoms with E-state index < -0.39 is 29.2 Å². The van der Waals surface area contributed by atoms with E-state index in [0.29, 0.717) is 0 Å². The number of methoxy groups -OCH3 is 1. The van der Waals surface area contributed by atoms with Gasteiger partial charge in [0.25, 0.3) is 0 Å². The summed E-state index contributed by atoms with van der Waals surface area (Å²) in [7, 11) is -3.61. The molecular formula is C13H16N2O6S. The molecule has 2 aromatic rings. The van der Waals surface area contributed by atoms with Crippen molar-refractivity contribution in [2.75, 3.05) is 13.6 Å². The third-order valence-electron chi connectivity index (χ3n) is 2.60. The van der Waals surface area contributed by atoms with Crippen molar-refractivity contribution >= 4 is 27.2 Å². The fourth-order valence-electron chi connectivity index (χ4n) is 1.76. The quantitative estimate of drug-likeness (QED) is 0.680. The molecule has 0 atom stereocenters. The maximum Gasteiger partial charge on any atom is 0.446 e. The van der Waals surface area contributed by atoms with Gasteiger partial charge < -0.3 is 19.2 Å². The van der Waals surface area contributed by atoms with Gasteiger partial charge in [-0.25, -0.2) is 0 Å². The monoisotopic (exact) mass is 332 g/mol. The Hall–Kier alpha value is -2.26. The van der Waals surface area contributed by atoms with E-state index in [1.54, 1.807) is 0 Å². The number of aromatic amines is 1. The summed E-state index contributed by atoms with van der Waals surface area (Å²) in [6, 6.07) is 2.37. The first kappa shape index (κ1) is 11.3. The molecule has 9 heteroatoms. The summed E-state index contributed by atoms with van der Waals surface area (Å²) < 4.78 is 72.0. The summed E-state index contributed by atoms with van der Waals surface area (Å²) in [5.41, 5.74) is 0.0601. The van der Waals surface area contributed by atoms with E-state index in [9.17, 15) is 13.2 Å². The number of H-pyrrole nitrogens is 1. The fraction of sp³-hybridized carbons (Fsp3) is 0.308. The number of benzene rings is 1. The average Bonchev–Trinajstić information content (AvgIpc) is 2.86. The molecular weight excluding hydrogens is 312 g/mol. The number of carbonyl (C=O) groups excluding carboxylic acids is 1. The van der Waals surface area contributed by atoms with Crippen LogP contribution >= 0.6 is 0 Å². The van der Waals surface area contributed by atoms with Crippen molar-refractivity contribution in [2.45, 2.75) is 13.3 Å². The van der Waals surface area contributed by atoms with Crippen LogP contribution in [0.15, 0.2) is 18.3 Å². The molecule has 0 spiro atoms. The second-order valence-corrected chi connectivity index (χ2v) is 5.22. The fourth-order valence-corrected chi connectivity index (χ4v) is 2.12. The maximum absolute atomic E-state index is 11.2. The first-order valence-corrected chi connectivity index (χ1v) is 7.30. The van der Waals surface area contributed by atoms with Gasteiger partial charge in [0, 0.05) is 42.1 Å². The summed E-state index contributed by atoms with van der Waals surface area (Å²) in [5, 5.41) is 2.09. The SMILES string of the molecule is [2H]C([2H])(NC(C)=O)C([2H])([2H])c1c[nH]c2cc(OS(=O)(=O)O)c(OC)cc12. The lowest BCUT2D eigenvalue weighted by molar-refractivity contribution is -0.118. The van der Waals surface area contributed by atoms with Crippen molar-refractivity contribution in [1.82, 2.24) is 10.3 Å². The Labute approximate surface area is 133 Å². The molecule has 0 aliphatic rings. The second kappa shape index (κ2) is 6.24. The van der Waals surface area contributed by atoms with E-state index in [-0.39, 0.29) is 28.0 Å². The minimum absolute atomic E-state index is 0.133. The van der Waals surface area contributed by atoms with E-state index >= 15 is 0 Å². The standard InChI is InChI=1S/C13H16N2O6S/c1-8(16)14-4-3-9-7-15-11-6-13(21-22(17,18)19)12(20-2)5-10(9)11/h5-7,15H,3-4H2,1-2H3,(H,14,16)(H,17,18,19)/i3D2,4D2. The largest absolute Gasteiger partial charge is 0.493 e. The van der Waals surface area contributed by atoms with E-state index in [1.165, 1.54) is 19.4 Å². The Morgan fingerprint density at radius 1 is 1.45 bits per heavy atom. The van der Waals surface area contributed by atoms with Crippen molar-refractivity contribution in [1.29, 1.82) is 0 Å². The zero-order chi connectivity index (χ0) is 19.9. The highest BCUT2D eigenvalue weighted by Crippen LogP contribution is 2.34. The molecule has 0 radical (unpaired) electrons. The van der Waals surface area contributed by atoms with Crippen LogP contribution in [0, 0.1) is 0 Å². The van der Waals surface area contributed by atoms with E-state index in [1.807, 2.05) is 5.32 Å². The van der Waals surface area contributed by atoms with Crippen LogP contribution in [0.2, 0.25) is 0 Å². The normalized spacial score (nSPS) is 15.4.